The molecule has 0 saturated heterocycles. The summed E-state index contributed by atoms with van der Waals surface area (Å²) in [6.45, 7) is 0. The van der Waals surface area contributed by atoms with Gasteiger partial charge in [-0.3, -0.25) is 0 Å². The number of hydrogen-bond donors (Lipinski definition) is 1. The maximum Gasteiger partial charge on any atom is 0.259 e. The van der Waals surface area contributed by atoms with Crippen LogP contribution in [0.3, 0.4) is 0 Å². The first-order valence-electron chi connectivity index (χ1n) is 4.20. The summed E-state index contributed by atoms with van der Waals surface area (Å²) in [6, 6.07) is 9.89. The molecule has 70 valence electrons. The van der Waals surface area contributed by atoms with E-state index in [1.807, 2.05) is 30.3 Å². The molecule has 0 bridgehead atoms. The lowest BCUT2D eigenvalue weighted by Gasteiger charge is -1.97. The number of anilines is 1. The lowest BCUT2D eigenvalue weighted by Crippen LogP contribution is -2.05. The largest absolute Gasteiger partial charge is 0.365 e. The second-order valence-corrected chi connectivity index (χ2v) is 2.84. The molecule has 0 amide bonds. The first kappa shape index (κ1) is 8.55. The van der Waals surface area contributed by atoms with Gasteiger partial charge in [0, 0.05) is 6.42 Å². The summed E-state index contributed by atoms with van der Waals surface area (Å²) in [6.07, 6.45) is 0.626. The number of hydrogen-bond acceptors (Lipinski definition) is 5. The molecule has 14 heavy (non-hydrogen) atoms. The minimum atomic E-state index is 0.0989. The third-order valence-electron chi connectivity index (χ3n) is 1.74. The van der Waals surface area contributed by atoms with Gasteiger partial charge in [0.25, 0.3) is 5.95 Å². The molecule has 2 N–H and O–H groups in total. The minimum Gasteiger partial charge on any atom is -0.365 e. The van der Waals surface area contributed by atoms with E-state index >= 15 is 0 Å². The van der Waals surface area contributed by atoms with Gasteiger partial charge < -0.3 is 5.73 Å². The molecule has 5 nitrogen and oxygen atoms in total. The van der Waals surface area contributed by atoms with Crippen LogP contribution in [-0.4, -0.2) is 20.4 Å². The first-order chi connectivity index (χ1) is 6.84. The van der Waals surface area contributed by atoms with E-state index in [1.165, 1.54) is 0 Å². The van der Waals surface area contributed by atoms with E-state index in [-0.39, 0.29) is 5.95 Å². The summed E-state index contributed by atoms with van der Waals surface area (Å²) in [7, 11) is 0. The van der Waals surface area contributed by atoms with Crippen LogP contribution in [0.25, 0.3) is 0 Å². The molecule has 0 atom stereocenters. The van der Waals surface area contributed by atoms with Gasteiger partial charge in [-0.25, -0.2) is 0 Å². The van der Waals surface area contributed by atoms with Crippen LogP contribution >= 0.6 is 0 Å². The Morgan fingerprint density at radius 2 is 1.57 bits per heavy atom. The van der Waals surface area contributed by atoms with Crippen molar-refractivity contribution in [3.63, 3.8) is 0 Å². The van der Waals surface area contributed by atoms with Gasteiger partial charge in [-0.2, -0.15) is 0 Å². The van der Waals surface area contributed by atoms with Gasteiger partial charge in [-0.15, -0.1) is 20.4 Å². The Balaban J connectivity index is 2.16. The molecule has 2 aromatic rings. The summed E-state index contributed by atoms with van der Waals surface area (Å²) in [5, 5.41) is 14.9. The summed E-state index contributed by atoms with van der Waals surface area (Å²) in [4.78, 5) is 0. The molecule has 1 aromatic carbocycles. The Labute approximate surface area is 81.0 Å². The molecule has 0 fully saturated rings. The van der Waals surface area contributed by atoms with E-state index in [4.69, 9.17) is 5.73 Å². The molecule has 0 aliphatic carbocycles. The average molecular weight is 187 g/mol. The van der Waals surface area contributed by atoms with E-state index < -0.39 is 0 Å². The lowest BCUT2D eigenvalue weighted by atomic mass is 10.1. The fourth-order valence-corrected chi connectivity index (χ4v) is 1.11. The average Bonchev–Trinajstić information content (AvgIpc) is 2.23. The van der Waals surface area contributed by atoms with Crippen molar-refractivity contribution in [3.8, 4) is 0 Å². The maximum absolute atomic E-state index is 5.27. The monoisotopic (exact) mass is 187 g/mol. The molecule has 0 aliphatic heterocycles. The molecule has 0 aliphatic rings. The quantitative estimate of drug-likeness (QED) is 0.738. The third-order valence-corrected chi connectivity index (χ3v) is 1.74. The number of nitrogen functional groups attached to an aromatic ring is 1. The summed E-state index contributed by atoms with van der Waals surface area (Å²) in [5.74, 6) is 0.673. The van der Waals surface area contributed by atoms with Crippen molar-refractivity contribution in [3.05, 3.63) is 41.7 Å². The second kappa shape index (κ2) is 3.78. The Hall–Kier alpha value is -2.04. The highest BCUT2D eigenvalue weighted by Gasteiger charge is 1.99. The molecule has 0 unspecified atom stereocenters. The number of nitrogens with zero attached hydrogens (tertiary/aromatic N) is 4. The maximum atomic E-state index is 5.27. The normalized spacial score (nSPS) is 10.0. The molecule has 0 spiro atoms. The van der Waals surface area contributed by atoms with Gasteiger partial charge in [-0.05, 0) is 5.56 Å². The van der Waals surface area contributed by atoms with E-state index in [0.717, 1.165) is 5.56 Å². The summed E-state index contributed by atoms with van der Waals surface area (Å²) < 4.78 is 0. The van der Waals surface area contributed by atoms with Gasteiger partial charge in [-0.1, -0.05) is 30.3 Å². The van der Waals surface area contributed by atoms with Gasteiger partial charge in [0.1, 0.15) is 0 Å². The highest BCUT2D eigenvalue weighted by atomic mass is 15.3. The lowest BCUT2D eigenvalue weighted by molar-refractivity contribution is 0.790. The van der Waals surface area contributed by atoms with Crippen molar-refractivity contribution >= 4 is 5.95 Å². The van der Waals surface area contributed by atoms with Crippen LogP contribution < -0.4 is 5.73 Å². The predicted octanol–water partition coefficient (Wildman–Crippen LogP) is 0.440. The van der Waals surface area contributed by atoms with E-state index in [9.17, 15) is 0 Å². The molecule has 0 radical (unpaired) electrons. The minimum absolute atomic E-state index is 0.0989. The van der Waals surface area contributed by atoms with E-state index in [0.29, 0.717) is 12.2 Å². The first-order valence-corrected chi connectivity index (χ1v) is 4.20. The van der Waals surface area contributed by atoms with Crippen LogP contribution in [0.4, 0.5) is 5.95 Å². The van der Waals surface area contributed by atoms with E-state index in [1.54, 1.807) is 0 Å². The fraction of sp³-hybridized carbons (Fsp3) is 0.111. The van der Waals surface area contributed by atoms with E-state index in [2.05, 4.69) is 20.4 Å². The van der Waals surface area contributed by atoms with Crippen molar-refractivity contribution < 1.29 is 0 Å². The molecule has 1 heterocycles. The van der Waals surface area contributed by atoms with Crippen molar-refractivity contribution in [2.75, 3.05) is 5.73 Å². The number of nitrogens with two attached hydrogens (primary N) is 1. The third kappa shape index (κ3) is 2.01. The highest BCUT2D eigenvalue weighted by molar-refractivity contribution is 5.18. The zero-order chi connectivity index (χ0) is 9.80. The van der Waals surface area contributed by atoms with Crippen LogP contribution in [0.1, 0.15) is 11.4 Å². The van der Waals surface area contributed by atoms with Crippen molar-refractivity contribution in [2.45, 2.75) is 6.42 Å². The topological polar surface area (TPSA) is 77.6 Å². The molecule has 5 heteroatoms. The molecule has 1 aromatic heterocycles. The molecular formula is C9H9N5. The van der Waals surface area contributed by atoms with Crippen molar-refractivity contribution in [1.82, 2.24) is 20.4 Å². The standard InChI is InChI=1S/C9H9N5/c10-9-13-11-8(12-14-9)6-7-4-2-1-3-5-7/h1-5H,6H2,(H2,10,13,14). The summed E-state index contributed by atoms with van der Waals surface area (Å²) >= 11 is 0. The van der Waals surface area contributed by atoms with Crippen LogP contribution in [0.15, 0.2) is 30.3 Å². The predicted molar refractivity (Wildman–Crippen MR) is 51.3 cm³/mol. The molecule has 2 rings (SSSR count). The molecular weight excluding hydrogens is 178 g/mol. The highest BCUT2D eigenvalue weighted by Crippen LogP contribution is 2.03. The Bertz CT molecular complexity index is 397. The van der Waals surface area contributed by atoms with Crippen LogP contribution in [0, 0.1) is 0 Å². The van der Waals surface area contributed by atoms with Gasteiger partial charge in [0.15, 0.2) is 5.82 Å². The summed E-state index contributed by atoms with van der Waals surface area (Å²) in [5.41, 5.74) is 6.40. The Kier molecular flexibility index (Phi) is 2.31. The Morgan fingerprint density at radius 3 is 2.21 bits per heavy atom. The zero-order valence-electron chi connectivity index (χ0n) is 7.46. The number of benzene rings is 1. The van der Waals surface area contributed by atoms with Crippen LogP contribution in [0.5, 0.6) is 0 Å². The number of rotatable bonds is 2. The Morgan fingerprint density at radius 1 is 0.929 bits per heavy atom. The van der Waals surface area contributed by atoms with Gasteiger partial charge in [0.05, 0.1) is 0 Å². The van der Waals surface area contributed by atoms with Gasteiger partial charge >= 0.3 is 0 Å². The zero-order valence-corrected chi connectivity index (χ0v) is 7.46. The second-order valence-electron chi connectivity index (χ2n) is 2.84. The SMILES string of the molecule is Nc1nnc(Cc2ccccc2)nn1. The van der Waals surface area contributed by atoms with Crippen molar-refractivity contribution in [2.24, 2.45) is 0 Å². The van der Waals surface area contributed by atoms with Crippen molar-refractivity contribution in [1.29, 1.82) is 0 Å². The van der Waals surface area contributed by atoms with Gasteiger partial charge in [0.2, 0.25) is 0 Å². The smallest absolute Gasteiger partial charge is 0.259 e. The van der Waals surface area contributed by atoms with Crippen LogP contribution in [-0.2, 0) is 6.42 Å². The van der Waals surface area contributed by atoms with Crippen LogP contribution in [0.2, 0.25) is 0 Å². The molecule has 0 saturated carbocycles. The fourth-order valence-electron chi connectivity index (χ4n) is 1.11. The number of aromatic nitrogens is 4.